The first-order chi connectivity index (χ1) is 20.6. The second-order valence-electron chi connectivity index (χ2n) is 14.3. The average molecular weight is 687 g/mol. The lowest BCUT2D eigenvalue weighted by molar-refractivity contribution is -0.0514. The number of aromatic nitrogens is 2. The fraction of sp³-hybridized carbons (Fsp3) is 0.667. The van der Waals surface area contributed by atoms with Crippen LogP contribution < -0.4 is 15.8 Å². The highest BCUT2D eigenvalue weighted by atomic mass is 31.2. The number of hydrogen-bond acceptors (Lipinski definition) is 10. The highest BCUT2D eigenvalue weighted by molar-refractivity contribution is 7.49. The molecule has 1 aliphatic heterocycles. The first kappa shape index (κ1) is 37.6. The molecule has 5 atom stereocenters. The molecule has 1 saturated heterocycles. The summed E-state index contributed by atoms with van der Waals surface area (Å²) in [5, 5.41) is 9.07. The SMILES string of the molecule is CCOP(=O)(Oc1ccc(CO)cc1)O[C@H]1[C@@H](O[Si](C)(C)C(C)(C)C)[C@H](n2ccc(=O)[nH]c2=O)O[C@@H]1CO[Si](C)(C)C(C)(C)C. The van der Waals surface area contributed by atoms with Crippen molar-refractivity contribution in [3.63, 3.8) is 0 Å². The normalized spacial score (nSPS) is 22.8. The first-order valence-electron chi connectivity index (χ1n) is 15.2. The Morgan fingerprint density at radius 2 is 1.56 bits per heavy atom. The molecular formula is C30H51N2O10PSi2. The maximum Gasteiger partial charge on any atom is 0.530 e. The molecule has 1 aromatic heterocycles. The molecule has 1 aromatic carbocycles. The van der Waals surface area contributed by atoms with E-state index < -0.39 is 60.2 Å². The Morgan fingerprint density at radius 3 is 2.07 bits per heavy atom. The Labute approximate surface area is 268 Å². The number of ether oxygens (including phenoxy) is 1. The molecule has 1 aliphatic rings. The highest BCUT2D eigenvalue weighted by Gasteiger charge is 2.55. The molecule has 1 fully saturated rings. The van der Waals surface area contributed by atoms with Gasteiger partial charge in [0, 0.05) is 12.3 Å². The Kier molecular flexibility index (Phi) is 11.8. The predicted molar refractivity (Wildman–Crippen MR) is 178 cm³/mol. The van der Waals surface area contributed by atoms with Crippen molar-refractivity contribution < 1.29 is 36.8 Å². The number of H-pyrrole nitrogens is 1. The van der Waals surface area contributed by atoms with Gasteiger partial charge in [0.1, 0.15) is 24.1 Å². The fourth-order valence-corrected chi connectivity index (χ4v) is 7.85. The number of nitrogens with zero attached hydrogens (tertiary/aromatic N) is 1. The molecule has 2 heterocycles. The summed E-state index contributed by atoms with van der Waals surface area (Å²) >= 11 is 0. The summed E-state index contributed by atoms with van der Waals surface area (Å²) in [5.41, 5.74) is -0.587. The van der Waals surface area contributed by atoms with Crippen molar-refractivity contribution in [2.45, 2.75) is 116 Å². The molecule has 2 N–H and O–H groups in total. The molecule has 254 valence electrons. The van der Waals surface area contributed by atoms with E-state index in [0.29, 0.717) is 5.56 Å². The number of aliphatic hydroxyl groups excluding tert-OH is 1. The third-order valence-corrected chi connectivity index (χ3v) is 19.4. The standard InChI is InChI=1S/C30H51N2O10PSi2/c1-12-37-43(36,40-22-15-13-21(19-33)14-16-22)41-25-23(20-38-44(8,9)29(2,3)4)39-27(32-18-17-24(34)31-28(32)35)26(25)42-45(10,11)30(5,6)7/h13-18,23,25-27,33H,12,19-20H2,1-11H3,(H,31,34,35)/t23-,25-,26-,27-,43?/m1/s1. The summed E-state index contributed by atoms with van der Waals surface area (Å²) in [4.78, 5) is 27.3. The van der Waals surface area contributed by atoms with Crippen LogP contribution in [0.5, 0.6) is 5.75 Å². The second-order valence-corrected chi connectivity index (χ2v) is 25.4. The first-order valence-corrected chi connectivity index (χ1v) is 22.5. The maximum atomic E-state index is 14.3. The summed E-state index contributed by atoms with van der Waals surface area (Å²) in [6.07, 6.45) is -2.59. The van der Waals surface area contributed by atoms with Crippen LogP contribution >= 0.6 is 7.82 Å². The van der Waals surface area contributed by atoms with Crippen LogP contribution in [0, 0.1) is 0 Å². The van der Waals surface area contributed by atoms with Gasteiger partial charge in [-0.3, -0.25) is 23.4 Å². The number of aromatic amines is 1. The predicted octanol–water partition coefficient (Wildman–Crippen LogP) is 5.95. The van der Waals surface area contributed by atoms with Gasteiger partial charge < -0.3 is 23.2 Å². The Morgan fingerprint density at radius 1 is 0.956 bits per heavy atom. The van der Waals surface area contributed by atoms with E-state index in [9.17, 15) is 19.3 Å². The van der Waals surface area contributed by atoms with E-state index in [4.69, 9.17) is 27.2 Å². The van der Waals surface area contributed by atoms with Gasteiger partial charge in [-0.2, -0.15) is 0 Å². The Balaban J connectivity index is 2.14. The number of benzene rings is 1. The molecule has 0 aliphatic carbocycles. The number of hydrogen-bond donors (Lipinski definition) is 2. The van der Waals surface area contributed by atoms with Crippen LogP contribution in [0.4, 0.5) is 0 Å². The third kappa shape index (κ3) is 9.14. The molecule has 0 spiro atoms. The number of phosphoric acid groups is 1. The summed E-state index contributed by atoms with van der Waals surface area (Å²) < 4.78 is 53.3. The largest absolute Gasteiger partial charge is 0.530 e. The molecule has 15 heteroatoms. The van der Waals surface area contributed by atoms with E-state index in [2.05, 4.69) is 72.7 Å². The van der Waals surface area contributed by atoms with Crippen LogP contribution in [0.25, 0.3) is 0 Å². The lowest BCUT2D eigenvalue weighted by atomic mass is 10.1. The Hall–Kier alpha value is -1.88. The zero-order chi connectivity index (χ0) is 34.0. The zero-order valence-corrected chi connectivity index (χ0v) is 31.3. The van der Waals surface area contributed by atoms with Gasteiger partial charge in [-0.15, -0.1) is 0 Å². The summed E-state index contributed by atoms with van der Waals surface area (Å²) in [6, 6.07) is 7.64. The molecular weight excluding hydrogens is 635 g/mol. The lowest BCUT2D eigenvalue weighted by Crippen LogP contribution is -2.50. The second kappa shape index (κ2) is 14.1. The van der Waals surface area contributed by atoms with Crippen molar-refractivity contribution in [2.75, 3.05) is 13.2 Å². The molecule has 1 unspecified atom stereocenters. The fourth-order valence-electron chi connectivity index (χ4n) is 4.14. The minimum absolute atomic E-state index is 0.0152. The van der Waals surface area contributed by atoms with Gasteiger partial charge in [-0.25, -0.2) is 9.36 Å². The lowest BCUT2D eigenvalue weighted by Gasteiger charge is -2.41. The van der Waals surface area contributed by atoms with E-state index in [-0.39, 0.29) is 35.6 Å². The van der Waals surface area contributed by atoms with Crippen molar-refractivity contribution in [1.82, 2.24) is 9.55 Å². The van der Waals surface area contributed by atoms with Gasteiger partial charge in [0.2, 0.25) is 0 Å². The van der Waals surface area contributed by atoms with E-state index in [1.54, 1.807) is 31.2 Å². The van der Waals surface area contributed by atoms with Crippen molar-refractivity contribution >= 4 is 24.5 Å². The topological polar surface area (TPSA) is 148 Å². The van der Waals surface area contributed by atoms with Crippen molar-refractivity contribution in [1.29, 1.82) is 0 Å². The molecule has 2 aromatic rings. The zero-order valence-electron chi connectivity index (χ0n) is 28.4. The summed E-state index contributed by atoms with van der Waals surface area (Å²) in [6.45, 7) is 22.5. The van der Waals surface area contributed by atoms with Crippen molar-refractivity contribution in [3.8, 4) is 5.75 Å². The minimum atomic E-state index is -4.33. The summed E-state index contributed by atoms with van der Waals surface area (Å²) in [7, 11) is -9.21. The number of rotatable bonds is 13. The van der Waals surface area contributed by atoms with E-state index in [1.165, 1.54) is 16.8 Å². The van der Waals surface area contributed by atoms with Crippen LogP contribution in [0.15, 0.2) is 46.1 Å². The molecule has 0 saturated carbocycles. The number of nitrogens with one attached hydrogen (secondary N) is 1. The minimum Gasteiger partial charge on any atom is -0.414 e. The van der Waals surface area contributed by atoms with Crippen LogP contribution in [0.1, 0.15) is 60.3 Å². The summed E-state index contributed by atoms with van der Waals surface area (Å²) in [5.74, 6) is 0.215. The Bertz CT molecular complexity index is 1450. The van der Waals surface area contributed by atoms with Crippen LogP contribution in [-0.4, -0.2) is 62.8 Å². The molecule has 45 heavy (non-hydrogen) atoms. The van der Waals surface area contributed by atoms with Crippen LogP contribution in [-0.2, 0) is 33.8 Å². The highest BCUT2D eigenvalue weighted by Crippen LogP contribution is 2.54. The van der Waals surface area contributed by atoms with Gasteiger partial charge in [0.25, 0.3) is 5.56 Å². The van der Waals surface area contributed by atoms with Gasteiger partial charge >= 0.3 is 13.5 Å². The molecule has 0 amide bonds. The van der Waals surface area contributed by atoms with Gasteiger partial charge in [0.05, 0.1) is 19.8 Å². The van der Waals surface area contributed by atoms with Crippen LogP contribution in [0.3, 0.4) is 0 Å². The van der Waals surface area contributed by atoms with Crippen LogP contribution in [0.2, 0.25) is 36.3 Å². The van der Waals surface area contributed by atoms with Crippen molar-refractivity contribution in [2.24, 2.45) is 0 Å². The number of aliphatic hydroxyl groups is 1. The van der Waals surface area contributed by atoms with Gasteiger partial charge in [-0.1, -0.05) is 53.7 Å². The monoisotopic (exact) mass is 686 g/mol. The van der Waals surface area contributed by atoms with Crippen molar-refractivity contribution in [3.05, 3.63) is 62.9 Å². The van der Waals surface area contributed by atoms with E-state index in [1.807, 2.05) is 0 Å². The number of phosphoric ester groups is 1. The molecule has 3 rings (SSSR count). The average Bonchev–Trinajstić information content (AvgIpc) is 3.22. The van der Waals surface area contributed by atoms with Gasteiger partial charge in [-0.05, 0) is 60.9 Å². The quantitative estimate of drug-likeness (QED) is 0.191. The third-order valence-electron chi connectivity index (χ3n) is 8.92. The van der Waals surface area contributed by atoms with E-state index in [0.717, 1.165) is 0 Å². The maximum absolute atomic E-state index is 14.3. The molecule has 0 bridgehead atoms. The smallest absolute Gasteiger partial charge is 0.414 e. The molecule has 0 radical (unpaired) electrons. The molecule has 12 nitrogen and oxygen atoms in total. The van der Waals surface area contributed by atoms with Gasteiger partial charge in [0.15, 0.2) is 22.9 Å². The van der Waals surface area contributed by atoms with E-state index >= 15 is 0 Å².